The van der Waals surface area contributed by atoms with E-state index in [2.05, 4.69) is 10.0 Å². The lowest BCUT2D eigenvalue weighted by molar-refractivity contribution is -0.139. The van der Waals surface area contributed by atoms with E-state index < -0.39 is 73.6 Å². The summed E-state index contributed by atoms with van der Waals surface area (Å²) in [4.78, 5) is 28.4. The van der Waals surface area contributed by atoms with Crippen molar-refractivity contribution in [1.82, 2.24) is 14.9 Å². The Balaban J connectivity index is 0.00000625. The molecule has 2 amide bonds. The average molecular weight is 733 g/mol. The number of likely N-dealkylation sites (N-methyl/N-ethyl adjacent to an activating group) is 1. The maximum Gasteiger partial charge on any atom is 0.247 e. The summed E-state index contributed by atoms with van der Waals surface area (Å²) in [6.07, 6.45) is 4.46. The van der Waals surface area contributed by atoms with Gasteiger partial charge in [-0.2, -0.15) is 0 Å². The zero-order chi connectivity index (χ0) is 34.8. The number of carbonyl (C=O) groups is 2. The van der Waals surface area contributed by atoms with Crippen LogP contribution in [0.3, 0.4) is 0 Å². The predicted molar refractivity (Wildman–Crippen MR) is 180 cm³/mol. The molecule has 1 spiro atoms. The van der Waals surface area contributed by atoms with E-state index in [-0.39, 0.29) is 46.4 Å². The zero-order valence-electron chi connectivity index (χ0n) is 27.3. The third-order valence-electron chi connectivity index (χ3n) is 8.53. The van der Waals surface area contributed by atoms with Crippen LogP contribution in [0, 0.1) is 11.6 Å². The van der Waals surface area contributed by atoms with E-state index in [9.17, 15) is 35.2 Å². The number of sulfone groups is 1. The summed E-state index contributed by atoms with van der Waals surface area (Å²) in [7, 11) is -7.61. The highest BCUT2D eigenvalue weighted by Gasteiger charge is 2.50. The number of carbonyl (C=O) groups excluding carboxylic acids is 2. The quantitative estimate of drug-likeness (QED) is 0.299. The number of rotatable bonds is 12. The first kappa shape index (κ1) is 39.5. The zero-order valence-corrected chi connectivity index (χ0v) is 29.8. The second-order valence-electron chi connectivity index (χ2n) is 12.7. The minimum Gasteiger partial charge on any atom is -0.374 e. The number of ether oxygens (including phenoxy) is 1. The van der Waals surface area contributed by atoms with Crippen molar-refractivity contribution in [3.8, 4) is 0 Å². The van der Waals surface area contributed by atoms with Crippen molar-refractivity contribution in [2.24, 2.45) is 5.73 Å². The molecule has 4 N–H and O–H groups in total. The van der Waals surface area contributed by atoms with Crippen LogP contribution in [0.1, 0.15) is 64.0 Å². The van der Waals surface area contributed by atoms with E-state index in [1.807, 2.05) is 0 Å². The molecule has 266 valence electrons. The number of nitrogens with two attached hydrogens (primary N) is 1. The lowest BCUT2D eigenvalue weighted by atomic mass is 9.76. The first-order chi connectivity index (χ1) is 21.9. The van der Waals surface area contributed by atoms with Crippen molar-refractivity contribution in [2.45, 2.75) is 81.5 Å². The molecule has 11 nitrogen and oxygen atoms in total. The molecule has 48 heavy (non-hydrogen) atoms. The molecule has 0 saturated heterocycles. The number of amides is 2. The van der Waals surface area contributed by atoms with Gasteiger partial charge >= 0.3 is 0 Å². The first-order valence-electron chi connectivity index (χ1n) is 15.4. The molecule has 1 fully saturated rings. The Labute approximate surface area is 287 Å². The van der Waals surface area contributed by atoms with Gasteiger partial charge in [-0.3, -0.25) is 9.59 Å². The normalized spacial score (nSPS) is 17.9. The van der Waals surface area contributed by atoms with Crippen molar-refractivity contribution in [1.29, 1.82) is 0 Å². The maximum absolute atomic E-state index is 14.2. The Morgan fingerprint density at radius 1 is 1.08 bits per heavy atom. The molecule has 0 aromatic heterocycles. The van der Waals surface area contributed by atoms with Gasteiger partial charge in [0.1, 0.15) is 17.7 Å². The monoisotopic (exact) mass is 732 g/mol. The van der Waals surface area contributed by atoms with Crippen molar-refractivity contribution < 1.29 is 39.9 Å². The van der Waals surface area contributed by atoms with E-state index in [1.54, 1.807) is 6.92 Å². The summed E-state index contributed by atoms with van der Waals surface area (Å²) >= 11 is 0. The summed E-state index contributed by atoms with van der Waals surface area (Å²) in [6.45, 7) is 3.61. The largest absolute Gasteiger partial charge is 0.374 e. The standard InChI is InChI=1S/C32H42F2N4O7S2.ClH/c1-5-38(29(39)27(36-30(40)31(2,3)35)20-45-19-23-25(33)10-9-11-26(23)34)18-24-28(21-12-14-22(15-13-21)46(4,41)42)47(43,44)37-32(24)16-7-6-8-17-32;/h9-15,27,37H,5-8,16-20,35H2,1-4H3,(H,36,40);1H/t27-;/m1./s1. The molecule has 2 aliphatic rings. The maximum atomic E-state index is 14.2. The van der Waals surface area contributed by atoms with E-state index >= 15 is 0 Å². The highest BCUT2D eigenvalue weighted by Crippen LogP contribution is 2.46. The number of hydrogen-bond acceptors (Lipinski definition) is 8. The number of hydrogen-bond donors (Lipinski definition) is 3. The third kappa shape index (κ3) is 8.79. The number of nitrogens with zero attached hydrogens (tertiary/aromatic N) is 1. The van der Waals surface area contributed by atoms with Crippen LogP contribution in [0.4, 0.5) is 8.78 Å². The molecule has 2 aromatic rings. The summed E-state index contributed by atoms with van der Waals surface area (Å²) < 4.78 is 88.5. The molecule has 1 saturated carbocycles. The Hall–Kier alpha value is -2.95. The smallest absolute Gasteiger partial charge is 0.247 e. The summed E-state index contributed by atoms with van der Waals surface area (Å²) in [5.74, 6) is -2.94. The predicted octanol–water partition coefficient (Wildman–Crippen LogP) is 3.42. The molecule has 1 aliphatic carbocycles. The van der Waals surface area contributed by atoms with Gasteiger partial charge in [0, 0.05) is 24.9 Å². The minimum absolute atomic E-state index is 0. The van der Waals surface area contributed by atoms with Crippen molar-refractivity contribution in [2.75, 3.05) is 26.0 Å². The molecule has 0 radical (unpaired) electrons. The van der Waals surface area contributed by atoms with Gasteiger partial charge in [-0.1, -0.05) is 37.5 Å². The summed E-state index contributed by atoms with van der Waals surface area (Å²) in [5.41, 5.74) is 4.02. The van der Waals surface area contributed by atoms with Crippen LogP contribution in [0.5, 0.6) is 0 Å². The van der Waals surface area contributed by atoms with Crippen molar-refractivity contribution in [3.63, 3.8) is 0 Å². The Morgan fingerprint density at radius 3 is 2.19 bits per heavy atom. The van der Waals surface area contributed by atoms with Gasteiger partial charge in [0.2, 0.25) is 21.8 Å². The van der Waals surface area contributed by atoms with Gasteiger partial charge in [-0.05, 0) is 69.0 Å². The van der Waals surface area contributed by atoms with Crippen LogP contribution in [-0.2, 0) is 40.8 Å². The van der Waals surface area contributed by atoms with Gasteiger partial charge in [-0.25, -0.2) is 30.3 Å². The summed E-state index contributed by atoms with van der Waals surface area (Å²) in [5, 5.41) is 2.59. The minimum atomic E-state index is -4.08. The molecule has 16 heteroatoms. The fraction of sp³-hybridized carbons (Fsp3) is 0.500. The number of nitrogens with one attached hydrogen (secondary N) is 2. The van der Waals surface area contributed by atoms with Crippen LogP contribution < -0.4 is 15.8 Å². The van der Waals surface area contributed by atoms with Gasteiger partial charge in [0.05, 0.1) is 34.1 Å². The van der Waals surface area contributed by atoms with Crippen molar-refractivity contribution in [3.05, 3.63) is 70.8 Å². The number of halogens is 3. The van der Waals surface area contributed by atoms with Gasteiger partial charge in [0.25, 0.3) is 0 Å². The van der Waals surface area contributed by atoms with Crippen LogP contribution in [-0.4, -0.2) is 76.6 Å². The molecular weight excluding hydrogens is 690 g/mol. The molecular formula is C32H43ClF2N4O7S2. The molecule has 0 unspecified atom stereocenters. The first-order valence-corrected chi connectivity index (χ1v) is 18.7. The molecule has 2 aromatic carbocycles. The second-order valence-corrected chi connectivity index (χ2v) is 16.3. The number of sulfonamides is 1. The van der Waals surface area contributed by atoms with E-state index in [0.717, 1.165) is 37.7 Å². The molecule has 4 rings (SSSR count). The number of benzene rings is 2. The van der Waals surface area contributed by atoms with Gasteiger partial charge in [-0.15, -0.1) is 12.4 Å². The SMILES string of the molecule is CCN(CC1=C(c2ccc(S(C)(=O)=O)cc2)S(=O)(=O)NC12CCCCC2)C(=O)[C@@H](COCc1c(F)cccc1F)NC(=O)C(C)(C)N.Cl. The van der Waals surface area contributed by atoms with Crippen LogP contribution in [0.2, 0.25) is 0 Å². The lowest BCUT2D eigenvalue weighted by Gasteiger charge is -2.38. The molecule has 0 bridgehead atoms. The van der Waals surface area contributed by atoms with E-state index in [1.165, 1.54) is 49.1 Å². The molecule has 1 atom stereocenters. The van der Waals surface area contributed by atoms with E-state index in [0.29, 0.717) is 18.4 Å². The van der Waals surface area contributed by atoms with Crippen LogP contribution in [0.15, 0.2) is 52.9 Å². The topological polar surface area (TPSA) is 165 Å². The molecule has 1 aliphatic heterocycles. The van der Waals surface area contributed by atoms with Crippen LogP contribution >= 0.6 is 12.4 Å². The van der Waals surface area contributed by atoms with Gasteiger partial charge in [0.15, 0.2) is 9.84 Å². The van der Waals surface area contributed by atoms with E-state index in [4.69, 9.17) is 10.5 Å². The highest BCUT2D eigenvalue weighted by atomic mass is 35.5. The summed E-state index contributed by atoms with van der Waals surface area (Å²) in [6, 6.07) is 7.60. The van der Waals surface area contributed by atoms with Gasteiger partial charge < -0.3 is 20.7 Å². The highest BCUT2D eigenvalue weighted by molar-refractivity contribution is 7.99. The Bertz CT molecular complexity index is 1740. The second kappa shape index (κ2) is 15.3. The third-order valence-corrected chi connectivity index (χ3v) is 11.3. The lowest BCUT2D eigenvalue weighted by Crippen LogP contribution is -2.58. The Kier molecular flexibility index (Phi) is 12.6. The van der Waals surface area contributed by atoms with Crippen molar-refractivity contribution >= 4 is 49.0 Å². The molecule has 1 heterocycles. The average Bonchev–Trinajstić information content (AvgIpc) is 3.20. The fourth-order valence-electron chi connectivity index (χ4n) is 5.94. The van der Waals surface area contributed by atoms with Crippen LogP contribution in [0.25, 0.3) is 4.91 Å². The fourth-order valence-corrected chi connectivity index (χ4v) is 8.54. The Morgan fingerprint density at radius 2 is 1.67 bits per heavy atom.